The van der Waals surface area contributed by atoms with Gasteiger partial charge in [-0.1, -0.05) is 27.5 Å². The van der Waals surface area contributed by atoms with E-state index < -0.39 is 0 Å². The Labute approximate surface area is 94.6 Å². The topological polar surface area (TPSA) is 66.9 Å². The highest BCUT2D eigenvalue weighted by Gasteiger charge is 2.16. The summed E-state index contributed by atoms with van der Waals surface area (Å²) in [5.41, 5.74) is 6.14. The summed E-state index contributed by atoms with van der Waals surface area (Å²) in [6.07, 6.45) is 0. The molecule has 0 fully saturated rings. The molecule has 0 saturated carbocycles. The maximum absolute atomic E-state index is 11.4. The number of Topliss-reactive ketones (excluding diaryl/α,β-unsaturated/α-hetero) is 1. The van der Waals surface area contributed by atoms with Gasteiger partial charge in [0.15, 0.2) is 5.78 Å². The van der Waals surface area contributed by atoms with E-state index in [0.717, 1.165) is 0 Å². The summed E-state index contributed by atoms with van der Waals surface area (Å²) in [7, 11) is 0. The van der Waals surface area contributed by atoms with Crippen LogP contribution in [-0.2, 0) is 0 Å². The molecule has 0 aliphatic heterocycles. The summed E-state index contributed by atoms with van der Waals surface area (Å²) < 4.78 is 0. The highest BCUT2D eigenvalue weighted by molar-refractivity contribution is 9.09. The standard InChI is InChI=1S/C9H6BrClN2O/c10-3-8(14)9-5(4-12)7(13)2-1-6(9)11/h1-2H,3,13H2. The fourth-order valence-electron chi connectivity index (χ4n) is 1.05. The molecule has 0 radical (unpaired) electrons. The van der Waals surface area contributed by atoms with Gasteiger partial charge in [0.25, 0.3) is 0 Å². The van der Waals surface area contributed by atoms with Crippen LogP contribution in [0.5, 0.6) is 0 Å². The van der Waals surface area contributed by atoms with Crippen molar-refractivity contribution in [3.8, 4) is 6.07 Å². The number of halogens is 2. The van der Waals surface area contributed by atoms with E-state index in [1.165, 1.54) is 12.1 Å². The van der Waals surface area contributed by atoms with Gasteiger partial charge in [0.1, 0.15) is 6.07 Å². The number of benzene rings is 1. The number of carbonyl (C=O) groups excluding carboxylic acids is 1. The van der Waals surface area contributed by atoms with Crippen molar-refractivity contribution in [3.05, 3.63) is 28.3 Å². The Morgan fingerprint density at radius 1 is 1.64 bits per heavy atom. The van der Waals surface area contributed by atoms with E-state index in [4.69, 9.17) is 22.6 Å². The molecule has 0 unspecified atom stereocenters. The number of ketones is 1. The lowest BCUT2D eigenvalue weighted by Gasteiger charge is -2.05. The summed E-state index contributed by atoms with van der Waals surface area (Å²) in [4.78, 5) is 11.4. The van der Waals surface area contributed by atoms with Gasteiger partial charge in [-0.3, -0.25) is 4.79 Å². The summed E-state index contributed by atoms with van der Waals surface area (Å²) >= 11 is 8.82. The summed E-state index contributed by atoms with van der Waals surface area (Å²) in [5.74, 6) is -0.251. The van der Waals surface area contributed by atoms with Crippen LogP contribution in [0.2, 0.25) is 5.02 Å². The Bertz CT molecular complexity index is 426. The first kappa shape index (κ1) is 11.0. The third-order valence-corrected chi connectivity index (χ3v) is 2.52. The van der Waals surface area contributed by atoms with Crippen LogP contribution in [0.25, 0.3) is 0 Å². The van der Waals surface area contributed by atoms with Gasteiger partial charge in [-0.25, -0.2) is 0 Å². The number of nitrogens with zero attached hydrogens (tertiary/aromatic N) is 1. The van der Waals surface area contributed by atoms with Gasteiger partial charge in [-0.15, -0.1) is 0 Å². The minimum atomic E-state index is -0.251. The summed E-state index contributed by atoms with van der Waals surface area (Å²) in [5, 5.41) is 9.18. The van der Waals surface area contributed by atoms with Crippen LogP contribution in [0.4, 0.5) is 5.69 Å². The molecule has 0 atom stereocenters. The molecule has 0 bridgehead atoms. The number of hydrogen-bond acceptors (Lipinski definition) is 3. The zero-order valence-corrected chi connectivity index (χ0v) is 9.39. The number of nitrogens with two attached hydrogens (primary N) is 1. The molecule has 0 saturated heterocycles. The van der Waals surface area contributed by atoms with Crippen molar-refractivity contribution in [1.29, 1.82) is 5.26 Å². The van der Waals surface area contributed by atoms with E-state index in [0.29, 0.717) is 0 Å². The Balaban J connectivity index is 3.47. The monoisotopic (exact) mass is 272 g/mol. The SMILES string of the molecule is N#Cc1c(N)ccc(Cl)c1C(=O)CBr. The molecule has 0 aliphatic carbocycles. The van der Waals surface area contributed by atoms with Gasteiger partial charge in [-0.2, -0.15) is 5.26 Å². The van der Waals surface area contributed by atoms with Crippen molar-refractivity contribution >= 4 is 39.0 Å². The highest BCUT2D eigenvalue weighted by atomic mass is 79.9. The van der Waals surface area contributed by atoms with Gasteiger partial charge in [0, 0.05) is 0 Å². The van der Waals surface area contributed by atoms with Crippen molar-refractivity contribution in [2.75, 3.05) is 11.1 Å². The molecule has 72 valence electrons. The quantitative estimate of drug-likeness (QED) is 0.511. The van der Waals surface area contributed by atoms with E-state index in [1.54, 1.807) is 0 Å². The lowest BCUT2D eigenvalue weighted by Crippen LogP contribution is -2.06. The molecule has 1 aromatic carbocycles. The van der Waals surface area contributed by atoms with E-state index in [-0.39, 0.29) is 33.0 Å². The number of alkyl halides is 1. The fraction of sp³-hybridized carbons (Fsp3) is 0.111. The Hall–Kier alpha value is -1.05. The van der Waals surface area contributed by atoms with E-state index >= 15 is 0 Å². The first-order valence-corrected chi connectivity index (χ1v) is 5.19. The van der Waals surface area contributed by atoms with Gasteiger partial charge in [0.2, 0.25) is 0 Å². The number of hydrogen-bond donors (Lipinski definition) is 1. The van der Waals surface area contributed by atoms with Crippen LogP contribution >= 0.6 is 27.5 Å². The third-order valence-electron chi connectivity index (χ3n) is 1.70. The predicted octanol–water partition coefficient (Wildman–Crippen LogP) is 2.37. The Morgan fingerprint density at radius 2 is 2.29 bits per heavy atom. The van der Waals surface area contributed by atoms with Crippen LogP contribution in [0.1, 0.15) is 15.9 Å². The second kappa shape index (κ2) is 4.45. The molecule has 5 heteroatoms. The maximum Gasteiger partial charge on any atom is 0.176 e. The Morgan fingerprint density at radius 3 is 2.79 bits per heavy atom. The summed E-state index contributed by atoms with van der Waals surface area (Å²) in [6.45, 7) is 0. The van der Waals surface area contributed by atoms with Gasteiger partial charge < -0.3 is 5.73 Å². The third kappa shape index (κ3) is 1.89. The number of anilines is 1. The van der Waals surface area contributed by atoms with Crippen LogP contribution in [-0.4, -0.2) is 11.1 Å². The average Bonchev–Trinajstić information content (AvgIpc) is 2.19. The van der Waals surface area contributed by atoms with E-state index in [1.807, 2.05) is 6.07 Å². The molecule has 0 aromatic heterocycles. The van der Waals surface area contributed by atoms with Crippen LogP contribution < -0.4 is 5.73 Å². The maximum atomic E-state index is 11.4. The highest BCUT2D eigenvalue weighted by Crippen LogP contribution is 2.25. The van der Waals surface area contributed by atoms with Crippen LogP contribution in [0.3, 0.4) is 0 Å². The first-order valence-electron chi connectivity index (χ1n) is 3.69. The smallest absolute Gasteiger partial charge is 0.176 e. The second-order valence-corrected chi connectivity index (χ2v) is 3.52. The van der Waals surface area contributed by atoms with Crippen molar-refractivity contribution in [1.82, 2.24) is 0 Å². The van der Waals surface area contributed by atoms with Gasteiger partial charge in [0.05, 0.1) is 27.2 Å². The number of nitriles is 1. The first-order chi connectivity index (χ1) is 6.61. The molecule has 14 heavy (non-hydrogen) atoms. The largest absolute Gasteiger partial charge is 0.398 e. The Kier molecular flexibility index (Phi) is 3.50. The van der Waals surface area contributed by atoms with Crippen LogP contribution in [0.15, 0.2) is 12.1 Å². The number of carbonyl (C=O) groups is 1. The minimum absolute atomic E-state index is 0.116. The van der Waals surface area contributed by atoms with Gasteiger partial charge >= 0.3 is 0 Å². The lowest BCUT2D eigenvalue weighted by atomic mass is 10.0. The molecular formula is C9H6BrClN2O. The number of nitrogen functional groups attached to an aromatic ring is 1. The van der Waals surface area contributed by atoms with E-state index in [2.05, 4.69) is 15.9 Å². The molecule has 1 rings (SSSR count). The van der Waals surface area contributed by atoms with E-state index in [9.17, 15) is 4.79 Å². The average molecular weight is 274 g/mol. The predicted molar refractivity (Wildman–Crippen MR) is 58.7 cm³/mol. The molecule has 1 aromatic rings. The molecule has 0 heterocycles. The van der Waals surface area contributed by atoms with Crippen LogP contribution in [0, 0.1) is 11.3 Å². The molecule has 0 spiro atoms. The zero-order chi connectivity index (χ0) is 10.7. The summed E-state index contributed by atoms with van der Waals surface area (Å²) in [6, 6.07) is 4.88. The minimum Gasteiger partial charge on any atom is -0.398 e. The lowest BCUT2D eigenvalue weighted by molar-refractivity contribution is 0.102. The van der Waals surface area contributed by atoms with Gasteiger partial charge in [-0.05, 0) is 12.1 Å². The molecule has 0 amide bonds. The van der Waals surface area contributed by atoms with Crippen molar-refractivity contribution in [2.24, 2.45) is 0 Å². The molecule has 0 aliphatic rings. The zero-order valence-electron chi connectivity index (χ0n) is 7.05. The molecule has 3 nitrogen and oxygen atoms in total. The molecule has 2 N–H and O–H groups in total. The molecular weight excluding hydrogens is 267 g/mol. The number of rotatable bonds is 2. The fourth-order valence-corrected chi connectivity index (χ4v) is 1.60. The second-order valence-electron chi connectivity index (χ2n) is 2.56. The van der Waals surface area contributed by atoms with Crippen molar-refractivity contribution in [2.45, 2.75) is 0 Å². The van der Waals surface area contributed by atoms with Crippen molar-refractivity contribution in [3.63, 3.8) is 0 Å². The van der Waals surface area contributed by atoms with Crippen molar-refractivity contribution < 1.29 is 4.79 Å². The normalized spacial score (nSPS) is 9.50.